The zero-order valence-electron chi connectivity index (χ0n) is 15.1. The third-order valence-corrected chi connectivity index (χ3v) is 5.28. The van der Waals surface area contributed by atoms with Crippen LogP contribution in [0.1, 0.15) is 23.2 Å². The Morgan fingerprint density at radius 3 is 2.89 bits per heavy atom. The van der Waals surface area contributed by atoms with E-state index in [0.717, 1.165) is 49.7 Å². The summed E-state index contributed by atoms with van der Waals surface area (Å²) in [5.74, 6) is 0.114. The van der Waals surface area contributed by atoms with E-state index < -0.39 is 0 Å². The molecule has 0 atom stereocenters. The van der Waals surface area contributed by atoms with Crippen molar-refractivity contribution in [2.45, 2.75) is 32.5 Å². The lowest BCUT2D eigenvalue weighted by Gasteiger charge is -2.28. The van der Waals surface area contributed by atoms with Crippen LogP contribution in [-0.2, 0) is 30.8 Å². The Bertz CT molecular complexity index is 995. The second kappa shape index (κ2) is 6.63. The summed E-state index contributed by atoms with van der Waals surface area (Å²) >= 11 is 0. The van der Waals surface area contributed by atoms with E-state index in [1.807, 2.05) is 18.2 Å². The number of carbonyl (C=O) groups excluding carboxylic acids is 1. The number of carbonyl (C=O) groups is 1. The van der Waals surface area contributed by atoms with Gasteiger partial charge in [0.05, 0.1) is 17.9 Å². The molecule has 1 amide bonds. The fourth-order valence-electron chi connectivity index (χ4n) is 3.87. The van der Waals surface area contributed by atoms with E-state index in [4.69, 9.17) is 5.10 Å². The molecule has 1 aromatic carbocycles. The molecule has 5 rings (SSSR count). The van der Waals surface area contributed by atoms with E-state index in [0.29, 0.717) is 6.42 Å². The number of amides is 1. The van der Waals surface area contributed by atoms with Crippen LogP contribution in [0.4, 0.5) is 5.69 Å². The van der Waals surface area contributed by atoms with E-state index in [1.54, 1.807) is 6.20 Å². The molecule has 136 valence electrons. The van der Waals surface area contributed by atoms with Gasteiger partial charge in [-0.15, -0.1) is 0 Å². The normalized spacial score (nSPS) is 16.5. The number of nitrogens with zero attached hydrogens (tertiary/aromatic N) is 4. The van der Waals surface area contributed by atoms with Gasteiger partial charge in [0.25, 0.3) is 0 Å². The van der Waals surface area contributed by atoms with Crippen molar-refractivity contribution in [1.29, 1.82) is 0 Å². The molecule has 0 saturated heterocycles. The molecule has 0 bridgehead atoms. The Hall–Kier alpha value is -2.99. The average Bonchev–Trinajstić information content (AvgIpc) is 3.12. The van der Waals surface area contributed by atoms with Crippen LogP contribution in [0.3, 0.4) is 0 Å². The van der Waals surface area contributed by atoms with Crippen LogP contribution in [0.2, 0.25) is 0 Å². The predicted molar refractivity (Wildman–Crippen MR) is 103 cm³/mol. The maximum atomic E-state index is 11.6. The van der Waals surface area contributed by atoms with Gasteiger partial charge in [0.2, 0.25) is 5.91 Å². The molecule has 1 N–H and O–H groups in total. The van der Waals surface area contributed by atoms with Crippen molar-refractivity contribution in [3.05, 3.63) is 65.5 Å². The van der Waals surface area contributed by atoms with E-state index in [-0.39, 0.29) is 5.91 Å². The number of fused-ring (bicyclic) bond motifs is 2. The van der Waals surface area contributed by atoms with Crippen LogP contribution < -0.4 is 5.32 Å². The highest BCUT2D eigenvalue weighted by atomic mass is 16.1. The standard InChI is InChI=1S/C21H21N5O/c27-21-7-6-16-5-4-15(11-19(16)23-21)13-25-9-10-26-17(14-25)12-20(24-26)18-3-1-2-8-22-18/h1-5,8,11-12H,6-7,9-10,13-14H2,(H,23,27). The minimum atomic E-state index is 0.114. The van der Waals surface area contributed by atoms with E-state index >= 15 is 0 Å². The molecule has 27 heavy (non-hydrogen) atoms. The molecule has 6 heteroatoms. The van der Waals surface area contributed by atoms with Crippen LogP contribution in [-0.4, -0.2) is 32.1 Å². The Kier molecular flexibility index (Phi) is 3.98. The van der Waals surface area contributed by atoms with Crippen molar-refractivity contribution in [1.82, 2.24) is 19.7 Å². The lowest BCUT2D eigenvalue weighted by atomic mass is 10.0. The van der Waals surface area contributed by atoms with Gasteiger partial charge in [-0.3, -0.25) is 19.4 Å². The van der Waals surface area contributed by atoms with Gasteiger partial charge < -0.3 is 5.32 Å². The molecule has 0 spiro atoms. The first-order valence-corrected chi connectivity index (χ1v) is 9.37. The number of hydrogen-bond acceptors (Lipinski definition) is 4. The van der Waals surface area contributed by atoms with Crippen LogP contribution in [0.15, 0.2) is 48.7 Å². The van der Waals surface area contributed by atoms with Crippen molar-refractivity contribution in [3.63, 3.8) is 0 Å². The second-order valence-electron chi connectivity index (χ2n) is 7.21. The van der Waals surface area contributed by atoms with Gasteiger partial charge in [-0.1, -0.05) is 18.2 Å². The molecular weight excluding hydrogens is 338 g/mol. The highest BCUT2D eigenvalue weighted by molar-refractivity contribution is 5.93. The van der Waals surface area contributed by atoms with E-state index in [1.165, 1.54) is 16.8 Å². The third-order valence-electron chi connectivity index (χ3n) is 5.28. The summed E-state index contributed by atoms with van der Waals surface area (Å²) < 4.78 is 2.09. The number of aromatic nitrogens is 3. The number of benzene rings is 1. The third kappa shape index (κ3) is 3.24. The monoisotopic (exact) mass is 359 g/mol. The number of pyridine rings is 1. The summed E-state index contributed by atoms with van der Waals surface area (Å²) in [6.45, 7) is 3.57. The Morgan fingerprint density at radius 1 is 1.04 bits per heavy atom. The van der Waals surface area contributed by atoms with Crippen LogP contribution in [0.25, 0.3) is 11.4 Å². The van der Waals surface area contributed by atoms with Crippen molar-refractivity contribution >= 4 is 11.6 Å². The van der Waals surface area contributed by atoms with Gasteiger partial charge in [-0.05, 0) is 41.8 Å². The maximum Gasteiger partial charge on any atom is 0.224 e. The highest BCUT2D eigenvalue weighted by Gasteiger charge is 2.20. The first kappa shape index (κ1) is 16.2. The van der Waals surface area contributed by atoms with Crippen molar-refractivity contribution in [2.24, 2.45) is 0 Å². The number of anilines is 1. The second-order valence-corrected chi connectivity index (χ2v) is 7.21. The van der Waals surface area contributed by atoms with E-state index in [9.17, 15) is 4.79 Å². The molecule has 0 saturated carbocycles. The minimum absolute atomic E-state index is 0.114. The molecular formula is C21H21N5O. The molecule has 3 aromatic rings. The van der Waals surface area contributed by atoms with Crippen molar-refractivity contribution in [3.8, 4) is 11.4 Å². The molecule has 2 aliphatic heterocycles. The van der Waals surface area contributed by atoms with Crippen LogP contribution in [0, 0.1) is 0 Å². The summed E-state index contributed by atoms with van der Waals surface area (Å²) in [5.41, 5.74) is 6.50. The Morgan fingerprint density at radius 2 is 2.00 bits per heavy atom. The summed E-state index contributed by atoms with van der Waals surface area (Å²) in [5, 5.41) is 7.70. The maximum absolute atomic E-state index is 11.6. The molecule has 0 fully saturated rings. The van der Waals surface area contributed by atoms with Gasteiger partial charge in [-0.25, -0.2) is 0 Å². The van der Waals surface area contributed by atoms with Gasteiger partial charge in [0.1, 0.15) is 5.69 Å². The molecule has 4 heterocycles. The molecule has 0 unspecified atom stereocenters. The molecule has 0 aliphatic carbocycles. The van der Waals surface area contributed by atoms with E-state index in [2.05, 4.69) is 44.1 Å². The Labute approximate surface area is 157 Å². The lowest BCUT2D eigenvalue weighted by molar-refractivity contribution is -0.116. The number of nitrogens with one attached hydrogen (secondary N) is 1. The molecule has 2 aromatic heterocycles. The molecule has 0 radical (unpaired) electrons. The number of aryl methyl sites for hydroxylation is 1. The van der Waals surface area contributed by atoms with Crippen molar-refractivity contribution < 1.29 is 4.79 Å². The predicted octanol–water partition coefficient (Wildman–Crippen LogP) is 2.85. The van der Waals surface area contributed by atoms with Gasteiger partial charge in [0.15, 0.2) is 0 Å². The number of rotatable bonds is 3. The summed E-state index contributed by atoms with van der Waals surface area (Å²) in [4.78, 5) is 18.5. The SMILES string of the molecule is O=C1CCc2ccc(CN3CCn4nc(-c5ccccn5)cc4C3)cc2N1. The largest absolute Gasteiger partial charge is 0.326 e. The molecule has 2 aliphatic rings. The first-order valence-electron chi connectivity index (χ1n) is 9.37. The minimum Gasteiger partial charge on any atom is -0.326 e. The van der Waals surface area contributed by atoms with Gasteiger partial charge >= 0.3 is 0 Å². The fraction of sp³-hybridized carbons (Fsp3) is 0.286. The average molecular weight is 359 g/mol. The molecule has 6 nitrogen and oxygen atoms in total. The first-order chi connectivity index (χ1) is 13.2. The van der Waals surface area contributed by atoms with Crippen LogP contribution in [0.5, 0.6) is 0 Å². The zero-order valence-corrected chi connectivity index (χ0v) is 15.1. The smallest absolute Gasteiger partial charge is 0.224 e. The summed E-state index contributed by atoms with van der Waals surface area (Å²) in [7, 11) is 0. The lowest BCUT2D eigenvalue weighted by Crippen LogP contribution is -2.33. The quantitative estimate of drug-likeness (QED) is 0.781. The summed E-state index contributed by atoms with van der Waals surface area (Å²) in [6.07, 6.45) is 3.22. The Balaban J connectivity index is 1.32. The van der Waals surface area contributed by atoms with Crippen LogP contribution >= 0.6 is 0 Å². The van der Waals surface area contributed by atoms with Gasteiger partial charge in [-0.2, -0.15) is 5.10 Å². The number of hydrogen-bond donors (Lipinski definition) is 1. The fourth-order valence-corrected chi connectivity index (χ4v) is 3.87. The zero-order chi connectivity index (χ0) is 18.2. The highest BCUT2D eigenvalue weighted by Crippen LogP contribution is 2.26. The van der Waals surface area contributed by atoms with Gasteiger partial charge in [0, 0.05) is 37.9 Å². The topological polar surface area (TPSA) is 63.1 Å². The summed E-state index contributed by atoms with van der Waals surface area (Å²) in [6, 6.07) is 14.5. The van der Waals surface area contributed by atoms with Crippen molar-refractivity contribution in [2.75, 3.05) is 11.9 Å².